The van der Waals surface area contributed by atoms with Crippen LogP contribution < -0.4 is 11.1 Å². The van der Waals surface area contributed by atoms with Crippen molar-refractivity contribution in [1.29, 1.82) is 0 Å². The van der Waals surface area contributed by atoms with Crippen LogP contribution in [0.2, 0.25) is 0 Å². The Morgan fingerprint density at radius 3 is 2.78 bits per heavy atom. The largest absolute Gasteiger partial charge is 0.464 e. The number of esters is 1. The van der Waals surface area contributed by atoms with Gasteiger partial charge in [0.1, 0.15) is 9.21 Å². The van der Waals surface area contributed by atoms with E-state index in [1.807, 2.05) is 0 Å². The van der Waals surface area contributed by atoms with E-state index in [9.17, 15) is 9.59 Å². The molecule has 0 radical (unpaired) electrons. The molecule has 0 aliphatic rings. The van der Waals surface area contributed by atoms with Gasteiger partial charge in [0.2, 0.25) is 0 Å². The van der Waals surface area contributed by atoms with Gasteiger partial charge in [0, 0.05) is 0 Å². The SMILES string of the molecule is CCOC(=O)C(N)C(=O)Nc1ncc(Br)nc1Br. The second-order valence-electron chi connectivity index (χ2n) is 3.05. The summed E-state index contributed by atoms with van der Waals surface area (Å²) in [6.07, 6.45) is 1.40. The molecule has 1 unspecified atom stereocenters. The Morgan fingerprint density at radius 2 is 2.22 bits per heavy atom. The van der Waals surface area contributed by atoms with Gasteiger partial charge in [-0.05, 0) is 38.8 Å². The summed E-state index contributed by atoms with van der Waals surface area (Å²) >= 11 is 6.24. The van der Waals surface area contributed by atoms with Gasteiger partial charge < -0.3 is 15.8 Å². The predicted molar refractivity (Wildman–Crippen MR) is 70.7 cm³/mol. The van der Waals surface area contributed by atoms with Crippen molar-refractivity contribution in [2.45, 2.75) is 13.0 Å². The minimum absolute atomic E-state index is 0.154. The summed E-state index contributed by atoms with van der Waals surface area (Å²) in [6, 6.07) is -1.40. The summed E-state index contributed by atoms with van der Waals surface area (Å²) in [5.41, 5.74) is 5.42. The maximum atomic E-state index is 11.6. The highest BCUT2D eigenvalue weighted by atomic mass is 79.9. The summed E-state index contributed by atoms with van der Waals surface area (Å²) in [7, 11) is 0. The zero-order valence-electron chi connectivity index (χ0n) is 9.31. The molecular formula is C9H10Br2N4O3. The van der Waals surface area contributed by atoms with E-state index in [1.54, 1.807) is 6.92 Å². The van der Waals surface area contributed by atoms with E-state index in [-0.39, 0.29) is 12.4 Å². The van der Waals surface area contributed by atoms with Crippen molar-refractivity contribution in [2.24, 2.45) is 5.73 Å². The van der Waals surface area contributed by atoms with E-state index < -0.39 is 17.9 Å². The Bertz CT molecular complexity index is 469. The molecule has 0 spiro atoms. The van der Waals surface area contributed by atoms with Crippen molar-refractivity contribution in [3.05, 3.63) is 15.4 Å². The van der Waals surface area contributed by atoms with E-state index in [0.717, 1.165) is 0 Å². The van der Waals surface area contributed by atoms with E-state index in [1.165, 1.54) is 6.20 Å². The van der Waals surface area contributed by atoms with Gasteiger partial charge in [0.15, 0.2) is 11.9 Å². The highest BCUT2D eigenvalue weighted by Gasteiger charge is 2.24. The van der Waals surface area contributed by atoms with Crippen LogP contribution in [0.1, 0.15) is 6.92 Å². The minimum atomic E-state index is -1.40. The third-order valence-electron chi connectivity index (χ3n) is 1.77. The van der Waals surface area contributed by atoms with Gasteiger partial charge in [-0.25, -0.2) is 14.8 Å². The highest BCUT2D eigenvalue weighted by Crippen LogP contribution is 2.19. The van der Waals surface area contributed by atoms with Gasteiger partial charge >= 0.3 is 5.97 Å². The van der Waals surface area contributed by atoms with Gasteiger partial charge in [-0.15, -0.1) is 0 Å². The molecule has 0 aromatic carbocycles. The van der Waals surface area contributed by atoms with Crippen molar-refractivity contribution < 1.29 is 14.3 Å². The molecule has 18 heavy (non-hydrogen) atoms. The summed E-state index contributed by atoms with van der Waals surface area (Å²) in [5, 5.41) is 2.37. The number of halogens is 2. The van der Waals surface area contributed by atoms with Crippen LogP contribution in [0.3, 0.4) is 0 Å². The van der Waals surface area contributed by atoms with Crippen LogP contribution in [0.25, 0.3) is 0 Å². The second-order valence-corrected chi connectivity index (χ2v) is 4.61. The molecule has 0 bridgehead atoms. The molecule has 0 saturated carbocycles. The number of carbonyl (C=O) groups excluding carboxylic acids is 2. The fraction of sp³-hybridized carbons (Fsp3) is 0.333. The van der Waals surface area contributed by atoms with Crippen LogP contribution in [0.15, 0.2) is 15.4 Å². The van der Waals surface area contributed by atoms with E-state index in [2.05, 4.69) is 51.9 Å². The molecule has 1 aromatic rings. The monoisotopic (exact) mass is 380 g/mol. The maximum absolute atomic E-state index is 11.6. The molecule has 7 nitrogen and oxygen atoms in total. The second kappa shape index (κ2) is 6.76. The van der Waals surface area contributed by atoms with Crippen molar-refractivity contribution >= 4 is 49.6 Å². The molecule has 0 aliphatic carbocycles. The Kier molecular flexibility index (Phi) is 5.63. The molecule has 0 fully saturated rings. The number of amides is 1. The number of aromatic nitrogens is 2. The fourth-order valence-electron chi connectivity index (χ4n) is 0.964. The van der Waals surface area contributed by atoms with Gasteiger partial charge in [-0.1, -0.05) is 0 Å². The van der Waals surface area contributed by atoms with Crippen LogP contribution in [-0.4, -0.2) is 34.5 Å². The first-order valence-corrected chi connectivity index (χ1v) is 6.45. The van der Waals surface area contributed by atoms with Crippen molar-refractivity contribution in [3.63, 3.8) is 0 Å². The molecule has 1 aromatic heterocycles. The summed E-state index contributed by atoms with van der Waals surface area (Å²) in [4.78, 5) is 30.8. The van der Waals surface area contributed by atoms with E-state index >= 15 is 0 Å². The zero-order valence-corrected chi connectivity index (χ0v) is 12.5. The number of nitrogens with zero attached hydrogens (tertiary/aromatic N) is 2. The maximum Gasteiger partial charge on any atom is 0.332 e. The summed E-state index contributed by atoms with van der Waals surface area (Å²) < 4.78 is 5.45. The van der Waals surface area contributed by atoms with Crippen LogP contribution in [0.5, 0.6) is 0 Å². The molecule has 1 heterocycles. The Hall–Kier alpha value is -1.06. The number of rotatable bonds is 4. The normalized spacial score (nSPS) is 11.8. The Labute approximate surface area is 120 Å². The lowest BCUT2D eigenvalue weighted by Gasteiger charge is -2.11. The molecule has 98 valence electrons. The third-order valence-corrected chi connectivity index (χ3v) is 2.70. The van der Waals surface area contributed by atoms with Crippen LogP contribution in [-0.2, 0) is 14.3 Å². The number of anilines is 1. The number of hydrogen-bond donors (Lipinski definition) is 2. The topological polar surface area (TPSA) is 107 Å². The van der Waals surface area contributed by atoms with Gasteiger partial charge in [0.25, 0.3) is 5.91 Å². The molecule has 3 N–H and O–H groups in total. The van der Waals surface area contributed by atoms with E-state index in [4.69, 9.17) is 5.73 Å². The standard InChI is InChI=1S/C9H10Br2N4O3/c1-2-18-9(17)5(12)8(16)15-7-6(11)14-4(10)3-13-7/h3,5H,2,12H2,1H3,(H,13,15,16). The molecular weight excluding hydrogens is 372 g/mol. The molecule has 1 rings (SSSR count). The number of nitrogens with one attached hydrogen (secondary N) is 1. The minimum Gasteiger partial charge on any atom is -0.464 e. The Morgan fingerprint density at radius 1 is 1.56 bits per heavy atom. The third kappa shape index (κ3) is 4.00. The highest BCUT2D eigenvalue weighted by molar-refractivity contribution is 9.11. The lowest BCUT2D eigenvalue weighted by molar-refractivity contribution is -0.146. The first-order chi connectivity index (χ1) is 8.45. The van der Waals surface area contributed by atoms with Crippen molar-refractivity contribution in [2.75, 3.05) is 11.9 Å². The van der Waals surface area contributed by atoms with Gasteiger partial charge in [-0.2, -0.15) is 0 Å². The molecule has 0 aliphatic heterocycles. The van der Waals surface area contributed by atoms with Crippen molar-refractivity contribution in [3.8, 4) is 0 Å². The number of nitrogens with two attached hydrogens (primary N) is 1. The molecule has 0 saturated heterocycles. The summed E-state index contributed by atoms with van der Waals surface area (Å²) in [5.74, 6) is -1.34. The molecule has 1 amide bonds. The smallest absolute Gasteiger partial charge is 0.332 e. The number of ether oxygens (including phenoxy) is 1. The summed E-state index contributed by atoms with van der Waals surface area (Å²) in [6.45, 7) is 1.78. The van der Waals surface area contributed by atoms with E-state index in [0.29, 0.717) is 9.21 Å². The quantitative estimate of drug-likeness (QED) is 0.590. The van der Waals surface area contributed by atoms with Crippen LogP contribution >= 0.6 is 31.9 Å². The average Bonchev–Trinajstić information content (AvgIpc) is 2.32. The Balaban J connectivity index is 2.72. The van der Waals surface area contributed by atoms with Gasteiger partial charge in [-0.3, -0.25) is 4.79 Å². The first-order valence-electron chi connectivity index (χ1n) is 4.86. The lowest BCUT2D eigenvalue weighted by atomic mass is 10.3. The van der Waals surface area contributed by atoms with Crippen LogP contribution in [0, 0.1) is 0 Å². The van der Waals surface area contributed by atoms with Crippen LogP contribution in [0.4, 0.5) is 5.82 Å². The first kappa shape index (κ1) is 15.0. The zero-order chi connectivity index (χ0) is 13.7. The average molecular weight is 382 g/mol. The van der Waals surface area contributed by atoms with Gasteiger partial charge in [0.05, 0.1) is 12.8 Å². The molecule has 1 atom stereocenters. The number of carbonyl (C=O) groups is 2. The fourth-order valence-corrected chi connectivity index (χ4v) is 1.87. The number of hydrogen-bond acceptors (Lipinski definition) is 6. The predicted octanol–water partition coefficient (Wildman–Crippen LogP) is 0.831. The van der Waals surface area contributed by atoms with Crippen molar-refractivity contribution in [1.82, 2.24) is 9.97 Å². The molecule has 9 heteroatoms. The lowest BCUT2D eigenvalue weighted by Crippen LogP contribution is -2.43.